The highest BCUT2D eigenvalue weighted by molar-refractivity contribution is 7.80. The Morgan fingerprint density at radius 3 is 2.46 bits per heavy atom. The predicted molar refractivity (Wildman–Crippen MR) is 51.4 cm³/mol. The van der Waals surface area contributed by atoms with Crippen molar-refractivity contribution in [3.63, 3.8) is 0 Å². The van der Waals surface area contributed by atoms with E-state index in [0.717, 1.165) is 5.56 Å². The van der Waals surface area contributed by atoms with Gasteiger partial charge in [0.25, 0.3) is 5.91 Å². The van der Waals surface area contributed by atoms with Crippen molar-refractivity contribution in [1.29, 1.82) is 0 Å². The van der Waals surface area contributed by atoms with Crippen LogP contribution >= 0.6 is 12.2 Å². The molecule has 1 aliphatic heterocycles. The molecule has 0 saturated carbocycles. The van der Waals surface area contributed by atoms with E-state index in [1.807, 2.05) is 6.07 Å². The molecule has 4 heteroatoms. The van der Waals surface area contributed by atoms with Crippen molar-refractivity contribution in [2.45, 2.75) is 0 Å². The van der Waals surface area contributed by atoms with Crippen molar-refractivity contribution in [1.82, 2.24) is 4.90 Å². The van der Waals surface area contributed by atoms with E-state index in [4.69, 9.17) is 17.3 Å². The molecule has 0 radical (unpaired) electrons. The molecule has 13 heavy (non-hydrogen) atoms. The third-order valence-electron chi connectivity index (χ3n) is 2.02. The summed E-state index contributed by atoms with van der Waals surface area (Å²) in [6.45, 7) is -0.355. The fourth-order valence-electron chi connectivity index (χ4n) is 1.37. The predicted octanol–water partition coefficient (Wildman–Crippen LogP) is 0.768. The number of benzene rings is 1. The van der Waals surface area contributed by atoms with E-state index in [2.05, 4.69) is 0 Å². The van der Waals surface area contributed by atoms with Gasteiger partial charge in [-0.1, -0.05) is 30.4 Å². The summed E-state index contributed by atoms with van der Waals surface area (Å²) in [5.74, 6) is -0.219. The summed E-state index contributed by atoms with van der Waals surface area (Å²) >= 11 is 5.02. The molecule has 0 unspecified atom stereocenters. The highest BCUT2D eigenvalue weighted by Gasteiger charge is 2.30. The smallest absolute Gasteiger partial charge is 0.261 e. The van der Waals surface area contributed by atoms with Gasteiger partial charge >= 0.3 is 0 Å². The minimum absolute atomic E-state index is 0.219. The summed E-state index contributed by atoms with van der Waals surface area (Å²) in [5.41, 5.74) is 1.30. The number of rotatable bonds is 1. The monoisotopic (exact) mass is 193 g/mol. The first-order chi connectivity index (χ1) is 6.25. The second kappa shape index (κ2) is 2.90. The van der Waals surface area contributed by atoms with Crippen molar-refractivity contribution in [3.8, 4) is 0 Å². The molecule has 1 N–H and O–H groups in total. The number of carbonyl (C=O) groups is 1. The molecular formula is C9H7NO2S. The van der Waals surface area contributed by atoms with E-state index in [-0.39, 0.29) is 12.6 Å². The normalized spacial score (nSPS) is 15.0. The van der Waals surface area contributed by atoms with Crippen molar-refractivity contribution >= 4 is 23.1 Å². The van der Waals surface area contributed by atoms with Gasteiger partial charge in [0.05, 0.1) is 5.56 Å². The first-order valence-electron chi connectivity index (χ1n) is 3.82. The number of aliphatic hydroxyl groups excluding tert-OH is 1. The fraction of sp³-hybridized carbons (Fsp3) is 0.111. The second-order valence-electron chi connectivity index (χ2n) is 2.73. The minimum atomic E-state index is -0.355. The Bertz CT molecular complexity index is 354. The van der Waals surface area contributed by atoms with Gasteiger partial charge in [0.15, 0.2) is 0 Å². The lowest BCUT2D eigenvalue weighted by Gasteiger charge is -2.10. The van der Waals surface area contributed by atoms with Crippen LogP contribution in [-0.4, -0.2) is 27.6 Å². The summed E-state index contributed by atoms with van der Waals surface area (Å²) in [6.07, 6.45) is 0. The Balaban J connectivity index is 2.57. The minimum Gasteiger partial charge on any atom is -0.376 e. The molecule has 0 bridgehead atoms. The van der Waals surface area contributed by atoms with Gasteiger partial charge in [0, 0.05) is 5.56 Å². The Morgan fingerprint density at radius 1 is 1.31 bits per heavy atom. The van der Waals surface area contributed by atoms with Crippen LogP contribution in [0.3, 0.4) is 0 Å². The number of thiocarbonyl (C=S) groups is 1. The third kappa shape index (κ3) is 1.07. The number of hydrogen-bond donors (Lipinski definition) is 1. The zero-order valence-corrected chi connectivity index (χ0v) is 7.54. The number of carbonyl (C=O) groups excluding carboxylic acids is 1. The van der Waals surface area contributed by atoms with Crippen LogP contribution in [0.4, 0.5) is 0 Å². The molecule has 1 aliphatic rings. The molecule has 0 saturated heterocycles. The van der Waals surface area contributed by atoms with Gasteiger partial charge in [-0.25, -0.2) is 0 Å². The highest BCUT2D eigenvalue weighted by atomic mass is 32.1. The van der Waals surface area contributed by atoms with Gasteiger partial charge in [-0.05, 0) is 6.07 Å². The first-order valence-corrected chi connectivity index (χ1v) is 4.22. The molecule has 0 aromatic heterocycles. The van der Waals surface area contributed by atoms with Gasteiger partial charge < -0.3 is 5.11 Å². The maximum atomic E-state index is 11.5. The Labute approximate surface area is 80.6 Å². The van der Waals surface area contributed by atoms with E-state index in [1.54, 1.807) is 18.2 Å². The molecule has 3 nitrogen and oxygen atoms in total. The molecule has 66 valence electrons. The third-order valence-corrected chi connectivity index (χ3v) is 2.46. The first kappa shape index (κ1) is 8.34. The number of nitrogens with zero attached hydrogens (tertiary/aromatic N) is 1. The summed E-state index contributed by atoms with van der Waals surface area (Å²) < 4.78 is 0. The molecule has 1 aromatic carbocycles. The van der Waals surface area contributed by atoms with Crippen LogP contribution in [-0.2, 0) is 0 Å². The van der Waals surface area contributed by atoms with Crippen LogP contribution in [0.1, 0.15) is 15.9 Å². The van der Waals surface area contributed by atoms with Crippen LogP contribution in [0.5, 0.6) is 0 Å². The maximum absolute atomic E-state index is 11.5. The van der Waals surface area contributed by atoms with Crippen molar-refractivity contribution in [2.24, 2.45) is 0 Å². The van der Waals surface area contributed by atoms with Gasteiger partial charge in [-0.15, -0.1) is 0 Å². The average Bonchev–Trinajstić information content (AvgIpc) is 2.41. The fourth-order valence-corrected chi connectivity index (χ4v) is 1.69. The molecule has 0 aliphatic carbocycles. The van der Waals surface area contributed by atoms with Crippen LogP contribution < -0.4 is 0 Å². The van der Waals surface area contributed by atoms with Crippen LogP contribution in [0.2, 0.25) is 0 Å². The number of aliphatic hydroxyl groups is 1. The molecule has 0 atom stereocenters. The number of amides is 1. The van der Waals surface area contributed by atoms with E-state index in [1.165, 1.54) is 4.90 Å². The lowest BCUT2D eigenvalue weighted by molar-refractivity contribution is 0.0749. The molecule has 1 aromatic rings. The van der Waals surface area contributed by atoms with E-state index in [0.29, 0.717) is 10.6 Å². The second-order valence-corrected chi connectivity index (χ2v) is 3.11. The zero-order valence-electron chi connectivity index (χ0n) is 6.73. The zero-order chi connectivity index (χ0) is 9.42. The van der Waals surface area contributed by atoms with Gasteiger partial charge in [0.1, 0.15) is 11.7 Å². The molecule has 1 heterocycles. The Morgan fingerprint density at radius 2 is 1.92 bits per heavy atom. The maximum Gasteiger partial charge on any atom is 0.261 e. The van der Waals surface area contributed by atoms with Crippen LogP contribution in [0.25, 0.3) is 0 Å². The average molecular weight is 193 g/mol. The highest BCUT2D eigenvalue weighted by Crippen LogP contribution is 2.22. The molecule has 0 spiro atoms. The quantitative estimate of drug-likeness (QED) is 0.670. The van der Waals surface area contributed by atoms with Gasteiger partial charge in [-0.2, -0.15) is 0 Å². The molecule has 0 fully saturated rings. The number of fused-ring (bicyclic) bond motifs is 1. The molecule has 1 amide bonds. The van der Waals surface area contributed by atoms with Crippen molar-refractivity contribution in [3.05, 3.63) is 35.4 Å². The van der Waals surface area contributed by atoms with Crippen molar-refractivity contribution < 1.29 is 9.90 Å². The molecule has 2 rings (SSSR count). The van der Waals surface area contributed by atoms with Crippen LogP contribution in [0.15, 0.2) is 24.3 Å². The standard InChI is InChI=1S/C9H7NO2S/c11-5-10-8(12)6-3-1-2-4-7(6)9(10)13/h1-4,11H,5H2. The Hall–Kier alpha value is -1.26. The van der Waals surface area contributed by atoms with E-state index < -0.39 is 0 Å². The van der Waals surface area contributed by atoms with Gasteiger partial charge in [-0.3, -0.25) is 9.69 Å². The Kier molecular flexibility index (Phi) is 1.86. The summed E-state index contributed by atoms with van der Waals surface area (Å²) in [5, 5.41) is 8.90. The van der Waals surface area contributed by atoms with E-state index >= 15 is 0 Å². The summed E-state index contributed by atoms with van der Waals surface area (Å²) in [7, 11) is 0. The summed E-state index contributed by atoms with van der Waals surface area (Å²) in [6, 6.07) is 7.09. The topological polar surface area (TPSA) is 40.5 Å². The van der Waals surface area contributed by atoms with E-state index in [9.17, 15) is 4.79 Å². The number of hydrogen-bond acceptors (Lipinski definition) is 3. The van der Waals surface area contributed by atoms with Crippen LogP contribution in [0, 0.1) is 0 Å². The van der Waals surface area contributed by atoms with Gasteiger partial charge in [0.2, 0.25) is 0 Å². The lowest BCUT2D eigenvalue weighted by Crippen LogP contribution is -2.29. The summed E-state index contributed by atoms with van der Waals surface area (Å²) in [4.78, 5) is 13.1. The molecular weight excluding hydrogens is 186 g/mol. The largest absolute Gasteiger partial charge is 0.376 e. The lowest BCUT2D eigenvalue weighted by atomic mass is 10.1. The van der Waals surface area contributed by atoms with Crippen molar-refractivity contribution in [2.75, 3.05) is 6.73 Å². The SMILES string of the molecule is O=C1c2ccccc2C(=S)N1CO.